The highest BCUT2D eigenvalue weighted by Crippen LogP contribution is 2.24. The summed E-state index contributed by atoms with van der Waals surface area (Å²) in [5.74, 6) is 0.340. The van der Waals surface area contributed by atoms with Gasteiger partial charge in [0.2, 0.25) is 0 Å². The summed E-state index contributed by atoms with van der Waals surface area (Å²) >= 11 is 1.44. The molecule has 2 heterocycles. The van der Waals surface area contributed by atoms with Crippen LogP contribution in [0.2, 0.25) is 0 Å². The van der Waals surface area contributed by atoms with Crippen molar-refractivity contribution in [3.05, 3.63) is 11.1 Å². The first kappa shape index (κ1) is 14.3. The van der Waals surface area contributed by atoms with Gasteiger partial charge in [0.1, 0.15) is 0 Å². The Balaban J connectivity index is 2.01. The fourth-order valence-electron chi connectivity index (χ4n) is 2.47. The number of hydrogen-bond acceptors (Lipinski definition) is 4. The summed E-state index contributed by atoms with van der Waals surface area (Å²) < 4.78 is 0. The first-order valence-corrected chi connectivity index (χ1v) is 7.66. The molecule has 19 heavy (non-hydrogen) atoms. The Morgan fingerprint density at radius 3 is 3.11 bits per heavy atom. The summed E-state index contributed by atoms with van der Waals surface area (Å²) in [4.78, 5) is 18.3. The number of nitrogens with zero attached hydrogens (tertiary/aromatic N) is 2. The second-order valence-electron chi connectivity index (χ2n) is 4.99. The number of thiazole rings is 1. The molecule has 1 saturated heterocycles. The Bertz CT molecular complexity index is 435. The molecule has 2 unspecified atom stereocenters. The number of amides is 2. The van der Waals surface area contributed by atoms with E-state index in [2.05, 4.69) is 17.2 Å². The van der Waals surface area contributed by atoms with Crippen molar-refractivity contribution in [1.82, 2.24) is 9.88 Å². The van der Waals surface area contributed by atoms with Crippen LogP contribution < -0.4 is 5.32 Å². The van der Waals surface area contributed by atoms with E-state index in [9.17, 15) is 9.90 Å². The van der Waals surface area contributed by atoms with Crippen LogP contribution in [0.25, 0.3) is 0 Å². The highest BCUT2D eigenvalue weighted by atomic mass is 32.1. The van der Waals surface area contributed by atoms with Gasteiger partial charge in [0.15, 0.2) is 5.13 Å². The number of rotatable bonds is 3. The molecular formula is C13H21N3O2S. The van der Waals surface area contributed by atoms with E-state index in [1.54, 1.807) is 4.90 Å². The molecule has 1 aliphatic rings. The molecule has 0 spiro atoms. The summed E-state index contributed by atoms with van der Waals surface area (Å²) in [5.41, 5.74) is 0.992. The SMILES string of the molecule is CCc1csc(NC(=O)N2CCCC(C)C2CO)n1. The fraction of sp³-hybridized carbons (Fsp3) is 0.692. The van der Waals surface area contributed by atoms with E-state index in [-0.39, 0.29) is 18.7 Å². The van der Waals surface area contributed by atoms with Crippen molar-refractivity contribution < 1.29 is 9.90 Å². The monoisotopic (exact) mass is 283 g/mol. The van der Waals surface area contributed by atoms with Gasteiger partial charge in [-0.3, -0.25) is 5.32 Å². The number of urea groups is 1. The molecule has 1 aromatic heterocycles. The Hall–Kier alpha value is -1.14. The lowest BCUT2D eigenvalue weighted by Gasteiger charge is -2.38. The molecule has 0 radical (unpaired) electrons. The smallest absolute Gasteiger partial charge is 0.323 e. The number of aliphatic hydroxyl groups is 1. The van der Waals surface area contributed by atoms with Crippen molar-refractivity contribution >= 4 is 22.5 Å². The molecule has 5 nitrogen and oxygen atoms in total. The van der Waals surface area contributed by atoms with Crippen LogP contribution in [0.15, 0.2) is 5.38 Å². The Morgan fingerprint density at radius 2 is 2.47 bits per heavy atom. The normalized spacial score (nSPS) is 23.4. The standard InChI is InChI=1S/C13H21N3O2S/c1-3-10-8-19-12(14-10)15-13(18)16-6-4-5-9(2)11(16)7-17/h8-9,11,17H,3-7H2,1-2H3,(H,14,15,18). The maximum absolute atomic E-state index is 12.3. The molecule has 1 aliphatic heterocycles. The van der Waals surface area contributed by atoms with Crippen molar-refractivity contribution in [2.45, 2.75) is 39.2 Å². The van der Waals surface area contributed by atoms with Gasteiger partial charge in [0.05, 0.1) is 18.3 Å². The molecule has 106 valence electrons. The topological polar surface area (TPSA) is 65.5 Å². The minimum atomic E-state index is -0.150. The first-order chi connectivity index (χ1) is 9.15. The van der Waals surface area contributed by atoms with Crippen LogP contribution in [-0.2, 0) is 6.42 Å². The van der Waals surface area contributed by atoms with Crippen LogP contribution in [-0.4, -0.2) is 40.2 Å². The van der Waals surface area contributed by atoms with Crippen LogP contribution in [0.1, 0.15) is 32.4 Å². The zero-order valence-electron chi connectivity index (χ0n) is 11.4. The van der Waals surface area contributed by atoms with Crippen molar-refractivity contribution in [3.63, 3.8) is 0 Å². The van der Waals surface area contributed by atoms with Crippen molar-refractivity contribution in [1.29, 1.82) is 0 Å². The quantitative estimate of drug-likeness (QED) is 0.894. The van der Waals surface area contributed by atoms with Crippen LogP contribution in [0, 0.1) is 5.92 Å². The number of likely N-dealkylation sites (tertiary alicyclic amines) is 1. The third-order valence-electron chi connectivity index (χ3n) is 3.69. The van der Waals surface area contributed by atoms with E-state index in [1.807, 2.05) is 12.3 Å². The summed E-state index contributed by atoms with van der Waals surface area (Å²) in [7, 11) is 0. The molecule has 0 aromatic carbocycles. The van der Waals surface area contributed by atoms with Crippen LogP contribution in [0.5, 0.6) is 0 Å². The van der Waals surface area contributed by atoms with Gasteiger partial charge in [-0.05, 0) is 25.2 Å². The van der Waals surface area contributed by atoms with Gasteiger partial charge in [-0.1, -0.05) is 13.8 Å². The second kappa shape index (κ2) is 6.34. The summed E-state index contributed by atoms with van der Waals surface area (Å²) in [6.45, 7) is 4.84. The lowest BCUT2D eigenvalue weighted by Crippen LogP contribution is -2.51. The van der Waals surface area contributed by atoms with Gasteiger partial charge in [0, 0.05) is 11.9 Å². The van der Waals surface area contributed by atoms with Gasteiger partial charge in [-0.15, -0.1) is 11.3 Å². The molecule has 0 aliphatic carbocycles. The lowest BCUT2D eigenvalue weighted by molar-refractivity contribution is 0.0811. The molecule has 2 N–H and O–H groups in total. The molecule has 0 saturated carbocycles. The number of piperidine rings is 1. The number of carbonyl (C=O) groups is 1. The zero-order chi connectivity index (χ0) is 13.8. The van der Waals surface area contributed by atoms with Gasteiger partial charge in [0.25, 0.3) is 0 Å². The summed E-state index contributed by atoms with van der Waals surface area (Å²) in [6.07, 6.45) is 2.92. The van der Waals surface area contributed by atoms with Crippen LogP contribution in [0.3, 0.4) is 0 Å². The minimum absolute atomic E-state index is 0.0205. The fourth-order valence-corrected chi connectivity index (χ4v) is 3.25. The van der Waals surface area contributed by atoms with Crippen molar-refractivity contribution in [2.75, 3.05) is 18.5 Å². The molecular weight excluding hydrogens is 262 g/mol. The Labute approximate surface area is 117 Å². The number of aryl methyl sites for hydroxylation is 1. The summed E-state index contributed by atoms with van der Waals surface area (Å²) in [6, 6.07) is -0.234. The lowest BCUT2D eigenvalue weighted by atomic mass is 9.91. The largest absolute Gasteiger partial charge is 0.394 e. The van der Waals surface area contributed by atoms with E-state index in [4.69, 9.17) is 0 Å². The van der Waals surface area contributed by atoms with Gasteiger partial charge < -0.3 is 10.0 Å². The Kier molecular flexibility index (Phi) is 4.76. The van der Waals surface area contributed by atoms with Gasteiger partial charge in [-0.2, -0.15) is 0 Å². The zero-order valence-corrected chi connectivity index (χ0v) is 12.2. The number of hydrogen-bond donors (Lipinski definition) is 2. The number of aliphatic hydroxyl groups excluding tert-OH is 1. The second-order valence-corrected chi connectivity index (χ2v) is 5.85. The third-order valence-corrected chi connectivity index (χ3v) is 4.50. The van der Waals surface area contributed by atoms with E-state index in [0.717, 1.165) is 25.0 Å². The van der Waals surface area contributed by atoms with Crippen molar-refractivity contribution in [2.24, 2.45) is 5.92 Å². The van der Waals surface area contributed by atoms with Crippen molar-refractivity contribution in [3.8, 4) is 0 Å². The number of aromatic nitrogens is 1. The Morgan fingerprint density at radius 1 is 1.68 bits per heavy atom. The van der Waals surface area contributed by atoms with Gasteiger partial charge >= 0.3 is 6.03 Å². The molecule has 1 aromatic rings. The molecule has 2 atom stereocenters. The van der Waals surface area contributed by atoms with Crippen LogP contribution >= 0.6 is 11.3 Å². The molecule has 2 rings (SSSR count). The minimum Gasteiger partial charge on any atom is -0.394 e. The predicted octanol–water partition coefficient (Wildman–Crippen LogP) is 2.33. The van der Waals surface area contributed by atoms with E-state index in [0.29, 0.717) is 17.6 Å². The maximum Gasteiger partial charge on any atom is 0.323 e. The van der Waals surface area contributed by atoms with Crippen LogP contribution in [0.4, 0.5) is 9.93 Å². The molecule has 1 fully saturated rings. The van der Waals surface area contributed by atoms with E-state index >= 15 is 0 Å². The first-order valence-electron chi connectivity index (χ1n) is 6.78. The number of nitrogens with one attached hydrogen (secondary N) is 1. The third kappa shape index (κ3) is 3.25. The van der Waals surface area contributed by atoms with Gasteiger partial charge in [-0.25, -0.2) is 9.78 Å². The molecule has 2 amide bonds. The highest BCUT2D eigenvalue weighted by Gasteiger charge is 2.31. The summed E-state index contributed by atoms with van der Waals surface area (Å²) in [5, 5.41) is 14.9. The number of anilines is 1. The van der Waals surface area contributed by atoms with E-state index in [1.165, 1.54) is 11.3 Å². The van der Waals surface area contributed by atoms with E-state index < -0.39 is 0 Å². The molecule has 6 heteroatoms. The predicted molar refractivity (Wildman–Crippen MR) is 76.5 cm³/mol. The highest BCUT2D eigenvalue weighted by molar-refractivity contribution is 7.13. The average Bonchev–Trinajstić information content (AvgIpc) is 2.86. The number of carbonyl (C=O) groups excluding carboxylic acids is 1. The average molecular weight is 283 g/mol. The molecule has 0 bridgehead atoms. The maximum atomic E-state index is 12.3.